The molecule has 0 fully saturated rings. The molecule has 0 aromatic heterocycles. The Kier molecular flexibility index (Phi) is 19.6. The van der Waals surface area contributed by atoms with E-state index in [0.29, 0.717) is 5.25 Å². The lowest BCUT2D eigenvalue weighted by molar-refractivity contribution is 0.368. The van der Waals surface area contributed by atoms with Crippen molar-refractivity contribution in [2.75, 3.05) is 5.75 Å². The van der Waals surface area contributed by atoms with E-state index in [4.69, 9.17) is 14.7 Å². The molecule has 0 aromatic carbocycles. The smallest absolute Gasteiger partial charge is 0.324 e. The summed E-state index contributed by atoms with van der Waals surface area (Å²) in [6.07, 6.45) is 1.01. The van der Waals surface area contributed by atoms with Gasteiger partial charge in [0.15, 0.2) is 0 Å². The monoisotopic (exact) mass is 348 g/mol. The van der Waals surface area contributed by atoms with E-state index in [0.717, 1.165) is 17.4 Å². The first kappa shape index (κ1) is 21.6. The van der Waals surface area contributed by atoms with E-state index >= 15 is 0 Å². The molecular formula is C10H21O3PS4. The molecule has 3 N–H and O–H groups in total. The molecule has 0 aromatic rings. The van der Waals surface area contributed by atoms with E-state index < -0.39 is 8.60 Å². The maximum absolute atomic E-state index is 7.23. The molecule has 0 heterocycles. The summed E-state index contributed by atoms with van der Waals surface area (Å²) in [5.41, 5.74) is 0. The summed E-state index contributed by atoms with van der Waals surface area (Å²) >= 11 is 0. The highest BCUT2D eigenvalue weighted by Gasteiger charge is 1.93. The minimum atomic E-state index is -2.62. The molecule has 0 rings (SSSR count). The molecule has 0 atom stereocenters. The maximum Gasteiger partial charge on any atom is 0.324 e. The van der Waals surface area contributed by atoms with Gasteiger partial charge in [-0.3, -0.25) is 0 Å². The highest BCUT2D eigenvalue weighted by Crippen LogP contribution is 2.27. The second-order valence-electron chi connectivity index (χ2n) is 3.49. The van der Waals surface area contributed by atoms with Gasteiger partial charge in [0.25, 0.3) is 0 Å². The van der Waals surface area contributed by atoms with Gasteiger partial charge in [0.1, 0.15) is 0 Å². The first-order chi connectivity index (χ1) is 8.36. The predicted molar refractivity (Wildman–Crippen MR) is 91.5 cm³/mol. The Bertz CT molecular complexity index is 226. The van der Waals surface area contributed by atoms with E-state index in [1.165, 1.54) is 0 Å². The van der Waals surface area contributed by atoms with Crippen molar-refractivity contribution < 1.29 is 14.7 Å². The Morgan fingerprint density at radius 1 is 1.00 bits per heavy atom. The lowest BCUT2D eigenvalue weighted by Crippen LogP contribution is -1.82. The minimum absolute atomic E-state index is 0.667. The first-order valence-corrected chi connectivity index (χ1v) is 11.1. The summed E-state index contributed by atoms with van der Waals surface area (Å²) in [5, 5.41) is 4.50. The molecule has 0 amide bonds. The summed E-state index contributed by atoms with van der Waals surface area (Å²) < 4.78 is 0. The third kappa shape index (κ3) is 30.4. The zero-order chi connectivity index (χ0) is 14.4. The van der Waals surface area contributed by atoms with Crippen LogP contribution in [0.3, 0.4) is 0 Å². The van der Waals surface area contributed by atoms with Crippen molar-refractivity contribution >= 4 is 51.8 Å². The lowest BCUT2D eigenvalue weighted by Gasteiger charge is -2.00. The molecule has 0 saturated carbocycles. The first-order valence-electron chi connectivity index (χ1n) is 5.31. The van der Waals surface area contributed by atoms with Crippen molar-refractivity contribution in [1.82, 2.24) is 0 Å². The van der Waals surface area contributed by atoms with Crippen LogP contribution in [0, 0.1) is 11.2 Å². The second kappa shape index (κ2) is 16.3. The van der Waals surface area contributed by atoms with Gasteiger partial charge < -0.3 is 14.7 Å². The van der Waals surface area contributed by atoms with Gasteiger partial charge in [-0.1, -0.05) is 66.0 Å². The van der Waals surface area contributed by atoms with Gasteiger partial charge in [0.05, 0.1) is 0 Å². The Balaban J connectivity index is 0. The number of rotatable bonds is 6. The van der Waals surface area contributed by atoms with Crippen molar-refractivity contribution in [3.63, 3.8) is 0 Å². The minimum Gasteiger partial charge on any atom is -0.328 e. The molecule has 18 heavy (non-hydrogen) atoms. The van der Waals surface area contributed by atoms with E-state index in [9.17, 15) is 0 Å². The highest BCUT2D eigenvalue weighted by atomic mass is 33.1. The third-order valence-corrected chi connectivity index (χ3v) is 6.28. The van der Waals surface area contributed by atoms with Crippen molar-refractivity contribution in [3.05, 3.63) is 0 Å². The van der Waals surface area contributed by atoms with Crippen LogP contribution in [0.25, 0.3) is 0 Å². The zero-order valence-corrected chi connectivity index (χ0v) is 15.2. The predicted octanol–water partition coefficient (Wildman–Crippen LogP) is 4.11. The summed E-state index contributed by atoms with van der Waals surface area (Å²) in [5.74, 6) is 4.31. The van der Waals surface area contributed by atoms with Crippen LogP contribution in [-0.4, -0.2) is 30.9 Å². The molecule has 0 bridgehead atoms. The zero-order valence-electron chi connectivity index (χ0n) is 11.0. The average Bonchev–Trinajstić information content (AvgIpc) is 2.20. The van der Waals surface area contributed by atoms with Crippen molar-refractivity contribution in [2.45, 2.75) is 44.6 Å². The molecule has 0 unspecified atom stereocenters. The van der Waals surface area contributed by atoms with E-state index in [-0.39, 0.29) is 0 Å². The van der Waals surface area contributed by atoms with Crippen molar-refractivity contribution in [1.29, 1.82) is 0 Å². The van der Waals surface area contributed by atoms with Gasteiger partial charge in [-0.2, -0.15) is 0 Å². The largest absolute Gasteiger partial charge is 0.328 e. The van der Waals surface area contributed by atoms with Gasteiger partial charge in [0.2, 0.25) is 0 Å². The SMILES string of the molecule is CC(C)SSC#CCCSSC(C)C.OP(O)O. The second-order valence-corrected chi connectivity index (χ2v) is 9.68. The van der Waals surface area contributed by atoms with Crippen LogP contribution >= 0.6 is 51.8 Å². The van der Waals surface area contributed by atoms with E-state index in [1.807, 2.05) is 32.4 Å². The van der Waals surface area contributed by atoms with Gasteiger partial charge in [-0.25, -0.2) is 0 Å². The van der Waals surface area contributed by atoms with Crippen LogP contribution < -0.4 is 0 Å². The molecule has 108 valence electrons. The van der Waals surface area contributed by atoms with Crippen molar-refractivity contribution in [3.8, 4) is 11.2 Å². The Labute approximate surface area is 127 Å². The van der Waals surface area contributed by atoms with E-state index in [1.54, 1.807) is 10.8 Å². The Morgan fingerprint density at radius 3 is 1.94 bits per heavy atom. The molecule has 3 nitrogen and oxygen atoms in total. The molecule has 0 saturated heterocycles. The summed E-state index contributed by atoms with van der Waals surface area (Å²) in [6, 6.07) is 0. The molecule has 0 aliphatic carbocycles. The summed E-state index contributed by atoms with van der Waals surface area (Å²) in [6.45, 7) is 8.82. The normalized spacial score (nSPS) is 10.1. The maximum atomic E-state index is 7.23. The van der Waals surface area contributed by atoms with Gasteiger partial charge in [-0.15, -0.1) is 0 Å². The van der Waals surface area contributed by atoms with E-state index in [2.05, 4.69) is 38.9 Å². The number of hydrogen-bond donors (Lipinski definition) is 3. The van der Waals surface area contributed by atoms with Crippen LogP contribution in [0.5, 0.6) is 0 Å². The quantitative estimate of drug-likeness (QED) is 0.289. The fraction of sp³-hybridized carbons (Fsp3) is 0.800. The lowest BCUT2D eigenvalue weighted by atomic mass is 10.5. The molecule has 0 aliphatic heterocycles. The standard InChI is InChI=1S/C10H18S4.H3O3P/c1-9(2)13-11-7-5-6-8-12-14-10(3)4;1-4(2)3/h9-10H,5,7H2,1-4H3;1-3H. The van der Waals surface area contributed by atoms with Crippen LogP contribution in [0.15, 0.2) is 0 Å². The van der Waals surface area contributed by atoms with Crippen LogP contribution in [-0.2, 0) is 0 Å². The third-order valence-electron chi connectivity index (χ3n) is 0.925. The van der Waals surface area contributed by atoms with Crippen LogP contribution in [0.4, 0.5) is 0 Å². The molecule has 0 radical (unpaired) electrons. The fourth-order valence-electron chi connectivity index (χ4n) is 0.478. The topological polar surface area (TPSA) is 60.7 Å². The van der Waals surface area contributed by atoms with Gasteiger partial charge in [0, 0.05) is 22.7 Å². The molecule has 0 aliphatic rings. The molecule has 0 spiro atoms. The molecular weight excluding hydrogens is 327 g/mol. The van der Waals surface area contributed by atoms with Gasteiger partial charge >= 0.3 is 8.60 Å². The number of hydrogen-bond acceptors (Lipinski definition) is 7. The van der Waals surface area contributed by atoms with Crippen LogP contribution in [0.2, 0.25) is 0 Å². The van der Waals surface area contributed by atoms with Crippen LogP contribution in [0.1, 0.15) is 34.1 Å². The van der Waals surface area contributed by atoms with Crippen molar-refractivity contribution in [2.24, 2.45) is 0 Å². The average molecular weight is 349 g/mol. The Morgan fingerprint density at radius 2 is 1.50 bits per heavy atom. The molecule has 8 heteroatoms. The Hall–Kier alpha value is 1.27. The summed E-state index contributed by atoms with van der Waals surface area (Å²) in [4.78, 5) is 21.7. The summed E-state index contributed by atoms with van der Waals surface area (Å²) in [7, 11) is 4.74. The fourth-order valence-corrected chi connectivity index (χ4v) is 3.69. The van der Waals surface area contributed by atoms with Gasteiger partial charge in [-0.05, 0) is 16.0 Å². The highest BCUT2D eigenvalue weighted by molar-refractivity contribution is 8.78.